The molecule has 6 nitrogen and oxygen atoms in total. The van der Waals surface area contributed by atoms with Crippen LogP contribution in [0.3, 0.4) is 0 Å². The van der Waals surface area contributed by atoms with Gasteiger partial charge in [0.1, 0.15) is 0 Å². The van der Waals surface area contributed by atoms with E-state index in [-0.39, 0.29) is 24.3 Å². The average Bonchev–Trinajstić information content (AvgIpc) is 2.77. The average molecular weight is 415 g/mol. The van der Waals surface area contributed by atoms with Gasteiger partial charge in [0.25, 0.3) is 5.91 Å². The molecule has 0 radical (unpaired) electrons. The molecule has 2 amide bonds. The first kappa shape index (κ1) is 22.2. The Morgan fingerprint density at radius 3 is 2.53 bits per heavy atom. The van der Waals surface area contributed by atoms with Crippen LogP contribution in [-0.2, 0) is 9.59 Å². The van der Waals surface area contributed by atoms with E-state index in [4.69, 9.17) is 9.47 Å². The topological polar surface area (TPSA) is 59.1 Å². The van der Waals surface area contributed by atoms with Crippen molar-refractivity contribution in [3.63, 3.8) is 0 Å². The van der Waals surface area contributed by atoms with E-state index >= 15 is 0 Å². The second-order valence-electron chi connectivity index (χ2n) is 8.39. The third kappa shape index (κ3) is 5.55. The Bertz CT molecular complexity index is 768. The minimum absolute atomic E-state index is 0.0262. The lowest BCUT2D eigenvalue weighted by Crippen LogP contribution is -2.47. The zero-order chi connectivity index (χ0) is 21.5. The van der Waals surface area contributed by atoms with Crippen molar-refractivity contribution in [2.24, 2.45) is 11.8 Å². The number of ether oxygens (including phenoxy) is 2. The van der Waals surface area contributed by atoms with E-state index in [1.807, 2.05) is 47.1 Å². The van der Waals surface area contributed by atoms with Gasteiger partial charge in [0.05, 0.1) is 7.11 Å². The molecule has 0 aromatic heterocycles. The molecule has 1 aromatic carbocycles. The molecule has 1 aromatic rings. The monoisotopic (exact) mass is 414 g/mol. The summed E-state index contributed by atoms with van der Waals surface area (Å²) >= 11 is 0. The van der Waals surface area contributed by atoms with Gasteiger partial charge >= 0.3 is 0 Å². The Kier molecular flexibility index (Phi) is 7.77. The molecule has 0 N–H and O–H groups in total. The van der Waals surface area contributed by atoms with Crippen molar-refractivity contribution in [1.29, 1.82) is 0 Å². The van der Waals surface area contributed by atoms with Gasteiger partial charge in [-0.1, -0.05) is 25.1 Å². The fourth-order valence-corrected chi connectivity index (χ4v) is 4.35. The molecule has 2 heterocycles. The smallest absolute Gasteiger partial charge is 0.260 e. The molecule has 1 unspecified atom stereocenters. The lowest BCUT2D eigenvalue weighted by Gasteiger charge is -2.37. The van der Waals surface area contributed by atoms with Crippen LogP contribution >= 0.6 is 0 Å². The molecule has 1 atom stereocenters. The summed E-state index contributed by atoms with van der Waals surface area (Å²) in [5.74, 6) is 2.02. The summed E-state index contributed by atoms with van der Waals surface area (Å²) in [5.41, 5.74) is 1.02. The molecule has 2 fully saturated rings. The number of hydrogen-bond donors (Lipinski definition) is 0. The molecule has 3 rings (SSSR count). The quantitative estimate of drug-likeness (QED) is 0.714. The lowest BCUT2D eigenvalue weighted by molar-refractivity contribution is -0.142. The highest BCUT2D eigenvalue weighted by molar-refractivity contribution is 5.81. The number of carbonyl (C=O) groups excluding carboxylic acids is 2. The van der Waals surface area contributed by atoms with E-state index in [1.54, 1.807) is 7.11 Å². The van der Waals surface area contributed by atoms with Crippen LogP contribution in [0.4, 0.5) is 0 Å². The molecule has 0 spiro atoms. The lowest BCUT2D eigenvalue weighted by atomic mass is 9.93. The number of carbonyl (C=O) groups is 2. The number of nitrogens with zero attached hydrogens (tertiary/aromatic N) is 2. The summed E-state index contributed by atoms with van der Waals surface area (Å²) in [6.45, 7) is 7.12. The highest BCUT2D eigenvalue weighted by Gasteiger charge is 2.31. The first-order chi connectivity index (χ1) is 14.5. The molecule has 2 saturated heterocycles. The fourth-order valence-electron chi connectivity index (χ4n) is 4.35. The van der Waals surface area contributed by atoms with E-state index in [0.717, 1.165) is 37.9 Å². The number of rotatable bonds is 6. The number of hydrogen-bond acceptors (Lipinski definition) is 4. The second kappa shape index (κ2) is 10.5. The number of likely N-dealkylation sites (tertiary alicyclic amines) is 2. The number of allylic oxidation sites excluding steroid dienone is 1. The molecule has 0 saturated carbocycles. The van der Waals surface area contributed by atoms with Crippen LogP contribution in [0.5, 0.6) is 11.5 Å². The van der Waals surface area contributed by atoms with Crippen molar-refractivity contribution < 1.29 is 19.1 Å². The van der Waals surface area contributed by atoms with Crippen LogP contribution < -0.4 is 9.47 Å². The molecule has 0 bridgehead atoms. The first-order valence-electron chi connectivity index (χ1n) is 11.0. The number of piperidine rings is 2. The molecule has 30 heavy (non-hydrogen) atoms. The zero-order valence-electron chi connectivity index (χ0n) is 18.4. The highest BCUT2D eigenvalue weighted by atomic mass is 16.5. The van der Waals surface area contributed by atoms with Crippen LogP contribution in [0, 0.1) is 11.8 Å². The molecular weight excluding hydrogens is 380 g/mol. The largest absolute Gasteiger partial charge is 0.493 e. The predicted molar refractivity (Wildman–Crippen MR) is 117 cm³/mol. The maximum absolute atomic E-state index is 12.8. The summed E-state index contributed by atoms with van der Waals surface area (Å²) < 4.78 is 11.1. The maximum Gasteiger partial charge on any atom is 0.260 e. The van der Waals surface area contributed by atoms with Crippen molar-refractivity contribution in [1.82, 2.24) is 9.80 Å². The van der Waals surface area contributed by atoms with Crippen molar-refractivity contribution >= 4 is 17.9 Å². The Balaban J connectivity index is 1.48. The summed E-state index contributed by atoms with van der Waals surface area (Å²) in [6, 6.07) is 5.64. The van der Waals surface area contributed by atoms with Crippen molar-refractivity contribution in [3.05, 3.63) is 29.8 Å². The van der Waals surface area contributed by atoms with Gasteiger partial charge in [-0.3, -0.25) is 9.59 Å². The Morgan fingerprint density at radius 2 is 1.87 bits per heavy atom. The van der Waals surface area contributed by atoms with E-state index in [1.165, 1.54) is 6.42 Å². The summed E-state index contributed by atoms with van der Waals surface area (Å²) in [5, 5.41) is 0. The van der Waals surface area contributed by atoms with Gasteiger partial charge < -0.3 is 19.3 Å². The Hall–Kier alpha value is -2.50. The number of methoxy groups -OCH3 is 1. The standard InChI is InChI=1S/C24H34N2O4/c1-4-6-19-8-9-21(22(15-19)29-3)30-17-23(27)25-13-10-20(11-14-25)24(28)26-12-5-7-18(2)16-26/h4,6,8-9,15,18,20H,5,7,10-14,16-17H2,1-3H3. The van der Waals surface area contributed by atoms with Gasteiger partial charge in [0.2, 0.25) is 5.91 Å². The molecular formula is C24H34N2O4. The van der Waals surface area contributed by atoms with Gasteiger partial charge in [-0.15, -0.1) is 0 Å². The van der Waals surface area contributed by atoms with Crippen LogP contribution in [0.2, 0.25) is 0 Å². The SMILES string of the molecule is CC=Cc1ccc(OCC(=O)N2CCC(C(=O)N3CCCC(C)C3)CC2)c(OC)c1. The van der Waals surface area contributed by atoms with E-state index in [0.29, 0.717) is 30.5 Å². The molecule has 2 aliphatic rings. The van der Waals surface area contributed by atoms with Gasteiger partial charge in [-0.05, 0) is 56.2 Å². The normalized spacial score (nSPS) is 20.4. The Morgan fingerprint density at radius 1 is 1.10 bits per heavy atom. The minimum atomic E-state index is -0.0490. The fraction of sp³-hybridized carbons (Fsp3) is 0.583. The van der Waals surface area contributed by atoms with Crippen molar-refractivity contribution in [3.8, 4) is 11.5 Å². The van der Waals surface area contributed by atoms with Crippen LogP contribution in [0.25, 0.3) is 6.08 Å². The van der Waals surface area contributed by atoms with Crippen LogP contribution in [0.15, 0.2) is 24.3 Å². The molecule has 164 valence electrons. The molecule has 2 aliphatic heterocycles. The van der Waals surface area contributed by atoms with E-state index in [9.17, 15) is 9.59 Å². The molecule has 0 aliphatic carbocycles. The van der Waals surface area contributed by atoms with Gasteiger partial charge in [0, 0.05) is 32.1 Å². The summed E-state index contributed by atoms with van der Waals surface area (Å²) in [4.78, 5) is 29.3. The van der Waals surface area contributed by atoms with Crippen LogP contribution in [-0.4, -0.2) is 61.5 Å². The van der Waals surface area contributed by atoms with Crippen molar-refractivity contribution in [2.75, 3.05) is 39.9 Å². The summed E-state index contributed by atoms with van der Waals surface area (Å²) in [7, 11) is 1.59. The first-order valence-corrected chi connectivity index (χ1v) is 11.0. The van der Waals surface area contributed by atoms with Gasteiger partial charge in [0.15, 0.2) is 18.1 Å². The van der Waals surface area contributed by atoms with E-state index < -0.39 is 0 Å². The maximum atomic E-state index is 12.8. The second-order valence-corrected chi connectivity index (χ2v) is 8.39. The zero-order valence-corrected chi connectivity index (χ0v) is 18.4. The third-order valence-electron chi connectivity index (χ3n) is 6.06. The molecule has 6 heteroatoms. The van der Waals surface area contributed by atoms with Crippen LogP contribution in [0.1, 0.15) is 45.1 Å². The number of amides is 2. The third-order valence-corrected chi connectivity index (χ3v) is 6.06. The Labute approximate surface area is 179 Å². The van der Waals surface area contributed by atoms with Gasteiger partial charge in [-0.2, -0.15) is 0 Å². The number of benzene rings is 1. The highest BCUT2D eigenvalue weighted by Crippen LogP contribution is 2.29. The summed E-state index contributed by atoms with van der Waals surface area (Å²) in [6.07, 6.45) is 7.71. The predicted octanol–water partition coefficient (Wildman–Crippen LogP) is 3.60. The van der Waals surface area contributed by atoms with E-state index in [2.05, 4.69) is 6.92 Å². The van der Waals surface area contributed by atoms with Gasteiger partial charge in [-0.25, -0.2) is 0 Å². The van der Waals surface area contributed by atoms with Crippen molar-refractivity contribution in [2.45, 2.75) is 39.5 Å². The minimum Gasteiger partial charge on any atom is -0.493 e.